The zero-order valence-electron chi connectivity index (χ0n) is 11.5. The van der Waals surface area contributed by atoms with Crippen LogP contribution in [-0.4, -0.2) is 42.7 Å². The molecule has 0 atom stereocenters. The van der Waals surface area contributed by atoms with Crippen molar-refractivity contribution in [3.8, 4) is 5.75 Å². The molecule has 0 saturated carbocycles. The Labute approximate surface area is 121 Å². The van der Waals surface area contributed by atoms with Crippen molar-refractivity contribution in [2.24, 2.45) is 0 Å². The van der Waals surface area contributed by atoms with Gasteiger partial charge in [0.15, 0.2) is 6.61 Å². The van der Waals surface area contributed by atoms with Gasteiger partial charge in [0.1, 0.15) is 5.75 Å². The molecule has 0 aromatic heterocycles. The maximum Gasteiger partial charge on any atom is 0.341 e. The predicted octanol–water partition coefficient (Wildman–Crippen LogP) is 0.408. The molecule has 114 valence electrons. The van der Waals surface area contributed by atoms with E-state index in [1.807, 2.05) is 0 Å². The van der Waals surface area contributed by atoms with Crippen molar-refractivity contribution in [2.45, 2.75) is 6.92 Å². The Morgan fingerprint density at radius 1 is 1.19 bits per heavy atom. The van der Waals surface area contributed by atoms with Crippen molar-refractivity contribution in [1.29, 1.82) is 0 Å². The smallest absolute Gasteiger partial charge is 0.341 e. The molecule has 3 amide bonds. The molecular formula is C13H17N3O5. The number of carboxylic acids is 1. The number of hydrogen-bond donors (Lipinski definition) is 4. The van der Waals surface area contributed by atoms with E-state index in [1.165, 1.54) is 6.07 Å². The van der Waals surface area contributed by atoms with Gasteiger partial charge in [0.05, 0.1) is 12.2 Å². The van der Waals surface area contributed by atoms with E-state index in [0.717, 1.165) is 0 Å². The second-order valence-electron chi connectivity index (χ2n) is 3.94. The van der Waals surface area contributed by atoms with Gasteiger partial charge in [-0.1, -0.05) is 12.1 Å². The lowest BCUT2D eigenvalue weighted by Gasteiger charge is -2.11. The molecule has 8 heteroatoms. The largest absolute Gasteiger partial charge is 0.480 e. The van der Waals surface area contributed by atoms with Crippen LogP contribution < -0.4 is 20.7 Å². The lowest BCUT2D eigenvalue weighted by molar-refractivity contribution is -0.139. The van der Waals surface area contributed by atoms with Crippen LogP contribution in [0.25, 0.3) is 0 Å². The molecule has 0 unspecified atom stereocenters. The van der Waals surface area contributed by atoms with Gasteiger partial charge in [-0.3, -0.25) is 4.79 Å². The van der Waals surface area contributed by atoms with E-state index in [-0.39, 0.29) is 18.2 Å². The molecule has 0 heterocycles. The number of carboxylic acid groups (broad SMARTS) is 1. The molecule has 0 aliphatic carbocycles. The van der Waals surface area contributed by atoms with Gasteiger partial charge >= 0.3 is 12.0 Å². The molecule has 1 rings (SSSR count). The van der Waals surface area contributed by atoms with E-state index in [0.29, 0.717) is 12.2 Å². The minimum absolute atomic E-state index is 0.155. The predicted molar refractivity (Wildman–Crippen MR) is 75.3 cm³/mol. The van der Waals surface area contributed by atoms with Crippen LogP contribution >= 0.6 is 0 Å². The number of urea groups is 1. The molecule has 1 aromatic carbocycles. The summed E-state index contributed by atoms with van der Waals surface area (Å²) in [7, 11) is 0. The highest BCUT2D eigenvalue weighted by atomic mass is 16.5. The van der Waals surface area contributed by atoms with E-state index in [9.17, 15) is 14.4 Å². The number of nitrogens with one attached hydrogen (secondary N) is 3. The SMILES string of the molecule is CCNC(=O)CNC(=O)Nc1ccccc1OCC(=O)O. The summed E-state index contributed by atoms with van der Waals surface area (Å²) < 4.78 is 5.04. The molecule has 0 radical (unpaired) electrons. The Morgan fingerprint density at radius 3 is 2.57 bits per heavy atom. The molecule has 4 N–H and O–H groups in total. The molecule has 8 nitrogen and oxygen atoms in total. The van der Waals surface area contributed by atoms with Crippen molar-refractivity contribution in [1.82, 2.24) is 10.6 Å². The number of amides is 3. The first-order valence-corrected chi connectivity index (χ1v) is 6.28. The lowest BCUT2D eigenvalue weighted by atomic mass is 10.3. The van der Waals surface area contributed by atoms with Crippen molar-refractivity contribution in [3.05, 3.63) is 24.3 Å². The summed E-state index contributed by atoms with van der Waals surface area (Å²) >= 11 is 0. The summed E-state index contributed by atoms with van der Waals surface area (Å²) in [5.41, 5.74) is 0.312. The van der Waals surface area contributed by atoms with Gasteiger partial charge in [-0.15, -0.1) is 0 Å². The zero-order valence-corrected chi connectivity index (χ0v) is 11.5. The summed E-state index contributed by atoms with van der Waals surface area (Å²) in [5, 5.41) is 16.0. The van der Waals surface area contributed by atoms with Crippen molar-refractivity contribution < 1.29 is 24.2 Å². The van der Waals surface area contributed by atoms with Crippen LogP contribution in [0, 0.1) is 0 Å². The highest BCUT2D eigenvalue weighted by Crippen LogP contribution is 2.23. The average Bonchev–Trinajstić information content (AvgIpc) is 2.44. The number of aliphatic carboxylic acids is 1. The van der Waals surface area contributed by atoms with Gasteiger partial charge in [-0.25, -0.2) is 9.59 Å². The van der Waals surface area contributed by atoms with Crippen LogP contribution in [-0.2, 0) is 9.59 Å². The number of anilines is 1. The second kappa shape index (κ2) is 8.41. The van der Waals surface area contributed by atoms with Gasteiger partial charge < -0.3 is 25.8 Å². The van der Waals surface area contributed by atoms with E-state index in [2.05, 4.69) is 16.0 Å². The highest BCUT2D eigenvalue weighted by Gasteiger charge is 2.09. The van der Waals surface area contributed by atoms with Crippen molar-refractivity contribution in [3.63, 3.8) is 0 Å². The fraction of sp³-hybridized carbons (Fsp3) is 0.308. The summed E-state index contributed by atoms with van der Waals surface area (Å²) in [6, 6.07) is 5.81. The summed E-state index contributed by atoms with van der Waals surface area (Å²) in [6.45, 7) is 1.58. The summed E-state index contributed by atoms with van der Waals surface area (Å²) in [5.74, 6) is -1.19. The zero-order chi connectivity index (χ0) is 15.7. The Bertz CT molecular complexity index is 518. The number of hydrogen-bond acceptors (Lipinski definition) is 4. The third-order valence-corrected chi connectivity index (χ3v) is 2.27. The van der Waals surface area contributed by atoms with Gasteiger partial charge in [-0.05, 0) is 19.1 Å². The minimum Gasteiger partial charge on any atom is -0.480 e. The van der Waals surface area contributed by atoms with Crippen LogP contribution in [0.15, 0.2) is 24.3 Å². The standard InChI is InChI=1S/C13H17N3O5/c1-2-14-11(17)7-15-13(20)16-9-5-3-4-6-10(9)21-8-12(18)19/h3-6H,2,7-8H2,1H3,(H,14,17)(H,18,19)(H2,15,16,20). The number of likely N-dealkylation sites (N-methyl/N-ethyl adjacent to an activating group) is 1. The first kappa shape index (κ1) is 16.3. The minimum atomic E-state index is -1.12. The molecule has 0 aliphatic rings. The topological polar surface area (TPSA) is 117 Å². The fourth-order valence-electron chi connectivity index (χ4n) is 1.42. The number of carbonyl (C=O) groups excluding carboxylic acids is 2. The number of para-hydroxylation sites is 2. The van der Waals surface area contributed by atoms with Gasteiger partial charge in [0.25, 0.3) is 0 Å². The number of ether oxygens (including phenoxy) is 1. The molecule has 0 spiro atoms. The second-order valence-corrected chi connectivity index (χ2v) is 3.94. The Kier molecular flexibility index (Phi) is 6.52. The first-order chi connectivity index (χ1) is 10.0. The highest BCUT2D eigenvalue weighted by molar-refractivity contribution is 5.93. The van der Waals surface area contributed by atoms with E-state index >= 15 is 0 Å². The van der Waals surface area contributed by atoms with E-state index in [1.54, 1.807) is 25.1 Å². The fourth-order valence-corrected chi connectivity index (χ4v) is 1.42. The monoisotopic (exact) mass is 295 g/mol. The number of rotatable bonds is 7. The maximum atomic E-state index is 11.6. The Hall–Kier alpha value is -2.77. The number of benzene rings is 1. The lowest BCUT2D eigenvalue weighted by Crippen LogP contribution is -2.38. The van der Waals surface area contributed by atoms with Crippen LogP contribution in [0.3, 0.4) is 0 Å². The Balaban J connectivity index is 2.55. The van der Waals surface area contributed by atoms with Crippen molar-refractivity contribution >= 4 is 23.6 Å². The average molecular weight is 295 g/mol. The first-order valence-electron chi connectivity index (χ1n) is 6.28. The summed E-state index contributed by atoms with van der Waals surface area (Å²) in [6.07, 6.45) is 0. The van der Waals surface area contributed by atoms with E-state index in [4.69, 9.17) is 9.84 Å². The third kappa shape index (κ3) is 6.28. The van der Waals surface area contributed by atoms with Gasteiger partial charge in [0, 0.05) is 6.54 Å². The molecule has 0 saturated heterocycles. The molecule has 1 aromatic rings. The van der Waals surface area contributed by atoms with Crippen LogP contribution in [0.2, 0.25) is 0 Å². The molecule has 0 fully saturated rings. The summed E-state index contributed by atoms with van der Waals surface area (Å²) in [4.78, 5) is 33.3. The van der Waals surface area contributed by atoms with Crippen LogP contribution in [0.5, 0.6) is 5.75 Å². The number of carbonyl (C=O) groups is 3. The molecule has 21 heavy (non-hydrogen) atoms. The van der Waals surface area contributed by atoms with Gasteiger partial charge in [0.2, 0.25) is 5.91 Å². The van der Waals surface area contributed by atoms with E-state index < -0.39 is 18.6 Å². The molecule has 0 aliphatic heterocycles. The quantitative estimate of drug-likeness (QED) is 0.581. The normalized spacial score (nSPS) is 9.57. The molecular weight excluding hydrogens is 278 g/mol. The van der Waals surface area contributed by atoms with Crippen molar-refractivity contribution in [2.75, 3.05) is 25.0 Å². The van der Waals surface area contributed by atoms with Gasteiger partial charge in [-0.2, -0.15) is 0 Å². The third-order valence-electron chi connectivity index (χ3n) is 2.27. The molecule has 0 bridgehead atoms. The van der Waals surface area contributed by atoms with Crippen LogP contribution in [0.1, 0.15) is 6.92 Å². The Morgan fingerprint density at radius 2 is 1.90 bits per heavy atom. The maximum absolute atomic E-state index is 11.6. The van der Waals surface area contributed by atoms with Crippen LogP contribution in [0.4, 0.5) is 10.5 Å².